The van der Waals surface area contributed by atoms with Crippen LogP contribution in [0.4, 0.5) is 18.9 Å². The average Bonchev–Trinajstić information content (AvgIpc) is 3.05. The number of aromatic amines is 1. The summed E-state index contributed by atoms with van der Waals surface area (Å²) in [6.45, 7) is 5.57. The smallest absolute Gasteiger partial charge is 0.416 e. The lowest BCUT2D eigenvalue weighted by Crippen LogP contribution is -2.32. The Kier molecular flexibility index (Phi) is 5.23. The van der Waals surface area contributed by atoms with Crippen LogP contribution in [0.3, 0.4) is 0 Å². The minimum Gasteiger partial charge on any atom is -0.490 e. The van der Waals surface area contributed by atoms with Crippen LogP contribution in [-0.4, -0.2) is 17.0 Å². The highest BCUT2D eigenvalue weighted by Crippen LogP contribution is 2.41. The Morgan fingerprint density at radius 2 is 1.74 bits per heavy atom. The number of amides is 1. The van der Waals surface area contributed by atoms with Gasteiger partial charge in [-0.1, -0.05) is 32.9 Å². The third-order valence-corrected chi connectivity index (χ3v) is 5.69. The molecular weight excluding hydrogens is 405 g/mol. The molecule has 0 unspecified atom stereocenters. The Hall–Kier alpha value is -2.96. The lowest BCUT2D eigenvalue weighted by atomic mass is 9.77. The van der Waals surface area contributed by atoms with E-state index in [-0.39, 0.29) is 17.9 Å². The summed E-state index contributed by atoms with van der Waals surface area (Å²) in [4.78, 5) is 15.5. The molecule has 0 saturated heterocycles. The number of fused-ring (bicyclic) bond motifs is 1. The minimum atomic E-state index is -4.31. The van der Waals surface area contributed by atoms with Crippen LogP contribution in [0.15, 0.2) is 48.7 Å². The molecule has 1 amide bonds. The summed E-state index contributed by atoms with van der Waals surface area (Å²) >= 11 is 0. The summed E-state index contributed by atoms with van der Waals surface area (Å²) in [5.41, 5.74) is 1.37. The van der Waals surface area contributed by atoms with E-state index in [4.69, 9.17) is 4.74 Å². The fraction of sp³-hybridized carbons (Fsp3) is 0.375. The van der Waals surface area contributed by atoms with Gasteiger partial charge in [0, 0.05) is 22.5 Å². The number of nitrogens with one attached hydrogen (secondary N) is 2. The molecule has 1 heterocycles. The van der Waals surface area contributed by atoms with E-state index >= 15 is 0 Å². The number of rotatable bonds is 4. The van der Waals surface area contributed by atoms with Gasteiger partial charge in [-0.15, -0.1) is 0 Å². The second kappa shape index (κ2) is 7.62. The molecule has 1 aliphatic rings. The summed E-state index contributed by atoms with van der Waals surface area (Å²) in [7, 11) is 0. The standard InChI is InChI=1S/C24H25F3N2O2/c1-23(2,3)22(30)29-21-13-28-20-9-8-17(12-19(20)21)31-18-10-15(11-18)14-4-6-16(7-5-14)24(25,26)27/h4-9,12-13,15,18,28H,10-11H2,1-3H3,(H,29,30)/t15-,18+. The topological polar surface area (TPSA) is 54.1 Å². The summed E-state index contributed by atoms with van der Waals surface area (Å²) < 4.78 is 44.2. The minimum absolute atomic E-state index is 0.0105. The van der Waals surface area contributed by atoms with Crippen LogP contribution in [0.2, 0.25) is 0 Å². The van der Waals surface area contributed by atoms with Crippen molar-refractivity contribution in [2.75, 3.05) is 5.32 Å². The molecule has 2 aromatic carbocycles. The van der Waals surface area contributed by atoms with Crippen LogP contribution >= 0.6 is 0 Å². The number of benzene rings is 2. The molecular formula is C24H25F3N2O2. The number of anilines is 1. The maximum atomic E-state index is 12.7. The Balaban J connectivity index is 1.40. The quantitative estimate of drug-likeness (QED) is 0.497. The van der Waals surface area contributed by atoms with E-state index in [1.165, 1.54) is 0 Å². The first kappa shape index (κ1) is 21.3. The van der Waals surface area contributed by atoms with Crippen molar-refractivity contribution in [3.8, 4) is 5.75 Å². The maximum absolute atomic E-state index is 12.7. The van der Waals surface area contributed by atoms with E-state index in [1.54, 1.807) is 18.3 Å². The molecule has 0 aliphatic heterocycles. The molecule has 0 atom stereocenters. The normalized spacial score (nSPS) is 19.2. The molecule has 4 nitrogen and oxygen atoms in total. The summed E-state index contributed by atoms with van der Waals surface area (Å²) in [6.07, 6.45) is -1.03. The van der Waals surface area contributed by atoms with Crippen molar-refractivity contribution in [3.05, 3.63) is 59.8 Å². The molecule has 3 aromatic rings. The lowest BCUT2D eigenvalue weighted by molar-refractivity contribution is -0.137. The molecule has 7 heteroatoms. The predicted molar refractivity (Wildman–Crippen MR) is 114 cm³/mol. The monoisotopic (exact) mass is 430 g/mol. The van der Waals surface area contributed by atoms with Gasteiger partial charge in [0.1, 0.15) is 5.75 Å². The first-order valence-corrected chi connectivity index (χ1v) is 10.3. The van der Waals surface area contributed by atoms with Crippen molar-refractivity contribution in [2.24, 2.45) is 5.41 Å². The van der Waals surface area contributed by atoms with Gasteiger partial charge in [0.2, 0.25) is 5.91 Å². The number of hydrogen-bond donors (Lipinski definition) is 2. The number of H-pyrrole nitrogens is 1. The Bertz CT molecular complexity index is 1090. The highest BCUT2D eigenvalue weighted by molar-refractivity contribution is 6.03. The SMILES string of the molecule is CC(C)(C)C(=O)Nc1c[nH]c2ccc(O[C@H]3C[C@@H](c4ccc(C(F)(F)F)cc4)C3)cc12. The number of hydrogen-bond acceptors (Lipinski definition) is 2. The van der Waals surface area contributed by atoms with Crippen molar-refractivity contribution in [3.63, 3.8) is 0 Å². The third-order valence-electron chi connectivity index (χ3n) is 5.69. The zero-order valence-corrected chi connectivity index (χ0v) is 17.6. The number of carbonyl (C=O) groups is 1. The lowest BCUT2D eigenvalue weighted by Gasteiger charge is -2.35. The summed E-state index contributed by atoms with van der Waals surface area (Å²) in [5.74, 6) is 0.831. The number of aromatic nitrogens is 1. The van der Waals surface area contributed by atoms with Gasteiger partial charge in [-0.2, -0.15) is 13.2 Å². The zero-order chi connectivity index (χ0) is 22.4. The van der Waals surface area contributed by atoms with Crippen molar-refractivity contribution >= 4 is 22.5 Å². The molecule has 2 N–H and O–H groups in total. The van der Waals surface area contributed by atoms with Gasteiger partial charge in [0.25, 0.3) is 0 Å². The van der Waals surface area contributed by atoms with Gasteiger partial charge >= 0.3 is 6.18 Å². The first-order chi connectivity index (χ1) is 14.5. The maximum Gasteiger partial charge on any atom is 0.416 e. The number of halogens is 3. The third kappa shape index (κ3) is 4.55. The van der Waals surface area contributed by atoms with Gasteiger partial charge in [-0.25, -0.2) is 0 Å². The second-order valence-corrected chi connectivity index (χ2v) is 9.14. The van der Waals surface area contributed by atoms with Gasteiger partial charge in [0.15, 0.2) is 0 Å². The largest absolute Gasteiger partial charge is 0.490 e. The number of carbonyl (C=O) groups excluding carboxylic acids is 1. The first-order valence-electron chi connectivity index (χ1n) is 10.3. The van der Waals surface area contributed by atoms with Crippen LogP contribution < -0.4 is 10.1 Å². The second-order valence-electron chi connectivity index (χ2n) is 9.14. The molecule has 0 radical (unpaired) electrons. The van der Waals surface area contributed by atoms with Crippen molar-refractivity contribution in [2.45, 2.75) is 51.8 Å². The van der Waals surface area contributed by atoms with E-state index in [0.29, 0.717) is 11.4 Å². The molecule has 31 heavy (non-hydrogen) atoms. The van der Waals surface area contributed by atoms with Crippen molar-refractivity contribution < 1.29 is 22.7 Å². The molecule has 1 saturated carbocycles. The molecule has 0 bridgehead atoms. The summed E-state index contributed by atoms with van der Waals surface area (Å²) in [5, 5.41) is 3.82. The fourth-order valence-electron chi connectivity index (χ4n) is 3.66. The fourth-order valence-corrected chi connectivity index (χ4v) is 3.66. The van der Waals surface area contributed by atoms with Crippen LogP contribution in [0.5, 0.6) is 5.75 Å². The number of alkyl halides is 3. The Morgan fingerprint density at radius 1 is 1.06 bits per heavy atom. The van der Waals surface area contributed by atoms with Gasteiger partial charge in [0.05, 0.1) is 17.4 Å². The highest BCUT2D eigenvalue weighted by atomic mass is 19.4. The van der Waals surface area contributed by atoms with Crippen molar-refractivity contribution in [1.82, 2.24) is 4.98 Å². The Labute approximate surface area is 178 Å². The van der Waals surface area contributed by atoms with E-state index in [9.17, 15) is 18.0 Å². The summed E-state index contributed by atoms with van der Waals surface area (Å²) in [6, 6.07) is 11.1. The number of ether oxygens (including phenoxy) is 1. The molecule has 4 rings (SSSR count). The van der Waals surface area contributed by atoms with Crippen LogP contribution in [0, 0.1) is 5.41 Å². The molecule has 1 fully saturated rings. The molecule has 1 aromatic heterocycles. The predicted octanol–water partition coefficient (Wildman–Crippen LogP) is 6.50. The average molecular weight is 430 g/mol. The highest BCUT2D eigenvalue weighted by Gasteiger charge is 2.34. The van der Waals surface area contributed by atoms with Gasteiger partial charge < -0.3 is 15.0 Å². The van der Waals surface area contributed by atoms with Gasteiger partial charge in [-0.05, 0) is 54.7 Å². The van der Waals surface area contributed by atoms with Crippen LogP contribution in [-0.2, 0) is 11.0 Å². The van der Waals surface area contributed by atoms with Gasteiger partial charge in [-0.3, -0.25) is 4.79 Å². The Morgan fingerprint density at radius 3 is 2.35 bits per heavy atom. The van der Waals surface area contributed by atoms with Crippen LogP contribution in [0.25, 0.3) is 10.9 Å². The molecule has 164 valence electrons. The zero-order valence-electron chi connectivity index (χ0n) is 17.6. The van der Waals surface area contributed by atoms with E-state index < -0.39 is 17.2 Å². The molecule has 1 aliphatic carbocycles. The van der Waals surface area contributed by atoms with E-state index in [0.717, 1.165) is 41.4 Å². The van der Waals surface area contributed by atoms with Crippen molar-refractivity contribution in [1.29, 1.82) is 0 Å². The van der Waals surface area contributed by atoms with E-state index in [2.05, 4.69) is 10.3 Å². The molecule has 0 spiro atoms. The van der Waals surface area contributed by atoms with Crippen LogP contribution in [0.1, 0.15) is 50.7 Å². The van der Waals surface area contributed by atoms with E-state index in [1.807, 2.05) is 39.0 Å².